The zero-order valence-corrected chi connectivity index (χ0v) is 10.8. The molecule has 0 aliphatic heterocycles. The summed E-state index contributed by atoms with van der Waals surface area (Å²) in [5.74, 6) is -1.21. The van der Waals surface area contributed by atoms with Crippen LogP contribution < -0.4 is 10.6 Å². The van der Waals surface area contributed by atoms with Gasteiger partial charge in [0.15, 0.2) is 0 Å². The molecule has 0 saturated carbocycles. The molecule has 1 amide bonds. The fourth-order valence-corrected chi connectivity index (χ4v) is 1.86. The van der Waals surface area contributed by atoms with E-state index in [1.54, 1.807) is 24.3 Å². The third kappa shape index (κ3) is 2.45. The maximum atomic E-state index is 13.7. The molecule has 0 aliphatic rings. The summed E-state index contributed by atoms with van der Waals surface area (Å²) in [4.78, 5) is 13.5. The number of amides is 1. The van der Waals surface area contributed by atoms with E-state index in [1.165, 1.54) is 24.1 Å². The first kappa shape index (κ1) is 13.6. The number of carbonyl (C=O) groups is 1. The van der Waals surface area contributed by atoms with E-state index in [9.17, 15) is 9.18 Å². The molecule has 2 aromatic carbocycles. The Bertz CT molecular complexity index is 707. The Morgan fingerprint density at radius 1 is 1.30 bits per heavy atom. The van der Waals surface area contributed by atoms with Crippen molar-refractivity contribution >= 4 is 17.3 Å². The molecule has 0 fully saturated rings. The average molecular weight is 269 g/mol. The third-order valence-corrected chi connectivity index (χ3v) is 2.91. The summed E-state index contributed by atoms with van der Waals surface area (Å²) < 4.78 is 13.7. The lowest BCUT2D eigenvalue weighted by molar-refractivity contribution is 0.0989. The molecule has 2 aromatic rings. The fraction of sp³-hybridized carbons (Fsp3) is 0.0667. The van der Waals surface area contributed by atoms with Gasteiger partial charge >= 0.3 is 0 Å². The van der Waals surface area contributed by atoms with Crippen LogP contribution >= 0.6 is 0 Å². The van der Waals surface area contributed by atoms with Gasteiger partial charge in [-0.05, 0) is 30.3 Å². The lowest BCUT2D eigenvalue weighted by Gasteiger charge is -2.19. The van der Waals surface area contributed by atoms with Crippen LogP contribution in [0.2, 0.25) is 0 Å². The van der Waals surface area contributed by atoms with E-state index in [-0.39, 0.29) is 5.56 Å². The van der Waals surface area contributed by atoms with Crippen LogP contribution in [-0.2, 0) is 0 Å². The number of carbonyl (C=O) groups excluding carboxylic acids is 1. The molecule has 0 unspecified atom stereocenters. The van der Waals surface area contributed by atoms with Gasteiger partial charge in [-0.15, -0.1) is 0 Å². The van der Waals surface area contributed by atoms with Crippen LogP contribution in [0.1, 0.15) is 15.9 Å². The van der Waals surface area contributed by atoms with Gasteiger partial charge in [0.2, 0.25) is 0 Å². The van der Waals surface area contributed by atoms with Crippen molar-refractivity contribution in [3.8, 4) is 6.07 Å². The van der Waals surface area contributed by atoms with Gasteiger partial charge < -0.3 is 10.6 Å². The van der Waals surface area contributed by atoms with Gasteiger partial charge in [0.05, 0.1) is 16.8 Å². The standard InChI is InChI=1S/C15H12FN3O/c1-19(14-5-3-2-4-10(14)9-17)15(20)12-8-11(18)6-7-13(12)16/h2-8H,18H2,1H3. The van der Waals surface area contributed by atoms with Crippen LogP contribution in [0.4, 0.5) is 15.8 Å². The third-order valence-electron chi connectivity index (χ3n) is 2.91. The lowest BCUT2D eigenvalue weighted by atomic mass is 10.1. The van der Waals surface area contributed by atoms with Crippen molar-refractivity contribution in [2.24, 2.45) is 0 Å². The summed E-state index contributed by atoms with van der Waals surface area (Å²) in [6, 6.07) is 12.4. The molecule has 0 spiro atoms. The topological polar surface area (TPSA) is 70.1 Å². The van der Waals surface area contributed by atoms with E-state index in [0.29, 0.717) is 16.9 Å². The van der Waals surface area contributed by atoms with E-state index in [2.05, 4.69) is 0 Å². The maximum absolute atomic E-state index is 13.7. The molecule has 2 N–H and O–H groups in total. The second kappa shape index (κ2) is 5.41. The molecule has 20 heavy (non-hydrogen) atoms. The molecule has 100 valence electrons. The van der Waals surface area contributed by atoms with Crippen molar-refractivity contribution in [2.45, 2.75) is 0 Å². The minimum absolute atomic E-state index is 0.125. The van der Waals surface area contributed by atoms with Gasteiger partial charge in [-0.1, -0.05) is 12.1 Å². The SMILES string of the molecule is CN(C(=O)c1cc(N)ccc1F)c1ccccc1C#N. The van der Waals surface area contributed by atoms with Crippen molar-refractivity contribution < 1.29 is 9.18 Å². The smallest absolute Gasteiger partial charge is 0.261 e. The molecule has 0 aliphatic carbocycles. The molecule has 2 rings (SSSR count). The van der Waals surface area contributed by atoms with Gasteiger partial charge in [0, 0.05) is 12.7 Å². The van der Waals surface area contributed by atoms with Crippen molar-refractivity contribution in [3.05, 3.63) is 59.4 Å². The van der Waals surface area contributed by atoms with E-state index >= 15 is 0 Å². The number of nitrogen functional groups attached to an aromatic ring is 1. The Balaban J connectivity index is 2.43. The van der Waals surface area contributed by atoms with Crippen molar-refractivity contribution in [3.63, 3.8) is 0 Å². The summed E-state index contributed by atoms with van der Waals surface area (Å²) in [7, 11) is 1.49. The zero-order valence-electron chi connectivity index (χ0n) is 10.8. The Labute approximate surface area is 115 Å². The number of nitrogens with zero attached hydrogens (tertiary/aromatic N) is 2. The van der Waals surface area contributed by atoms with Crippen molar-refractivity contribution in [1.82, 2.24) is 0 Å². The molecule has 0 aromatic heterocycles. The largest absolute Gasteiger partial charge is 0.399 e. The van der Waals surface area contributed by atoms with Crippen molar-refractivity contribution in [1.29, 1.82) is 5.26 Å². The summed E-state index contributed by atoms with van der Waals surface area (Å²) in [6.45, 7) is 0. The number of hydrogen-bond donors (Lipinski definition) is 1. The quantitative estimate of drug-likeness (QED) is 0.852. The predicted molar refractivity (Wildman–Crippen MR) is 74.7 cm³/mol. The molecule has 0 radical (unpaired) electrons. The molecule has 0 bridgehead atoms. The molecule has 0 atom stereocenters. The van der Waals surface area contributed by atoms with Crippen LogP contribution in [-0.4, -0.2) is 13.0 Å². The van der Waals surface area contributed by atoms with E-state index < -0.39 is 11.7 Å². The second-order valence-corrected chi connectivity index (χ2v) is 4.23. The number of benzene rings is 2. The molecular formula is C15H12FN3O. The Morgan fingerprint density at radius 3 is 2.70 bits per heavy atom. The molecule has 5 heteroatoms. The number of para-hydroxylation sites is 1. The van der Waals surface area contributed by atoms with Gasteiger partial charge in [-0.2, -0.15) is 5.26 Å². The maximum Gasteiger partial charge on any atom is 0.261 e. The number of nitrogens with two attached hydrogens (primary N) is 1. The minimum Gasteiger partial charge on any atom is -0.399 e. The first-order chi connectivity index (χ1) is 9.54. The number of anilines is 2. The monoisotopic (exact) mass is 269 g/mol. The van der Waals surface area contributed by atoms with E-state index in [4.69, 9.17) is 11.0 Å². The fourth-order valence-electron chi connectivity index (χ4n) is 1.86. The number of nitriles is 1. The highest BCUT2D eigenvalue weighted by Crippen LogP contribution is 2.22. The van der Waals surface area contributed by atoms with Crippen molar-refractivity contribution in [2.75, 3.05) is 17.7 Å². The number of hydrogen-bond acceptors (Lipinski definition) is 3. The first-order valence-electron chi connectivity index (χ1n) is 5.87. The van der Waals surface area contributed by atoms with Crippen LogP contribution in [0.5, 0.6) is 0 Å². The predicted octanol–water partition coefficient (Wildman–Crippen LogP) is 2.56. The Kier molecular flexibility index (Phi) is 3.67. The van der Waals surface area contributed by atoms with Crippen LogP contribution in [0, 0.1) is 17.1 Å². The first-order valence-corrected chi connectivity index (χ1v) is 5.87. The van der Waals surface area contributed by atoms with Gasteiger partial charge in [-0.3, -0.25) is 4.79 Å². The Hall–Kier alpha value is -2.87. The molecular weight excluding hydrogens is 257 g/mol. The number of halogens is 1. The van der Waals surface area contributed by atoms with Crippen LogP contribution in [0.15, 0.2) is 42.5 Å². The van der Waals surface area contributed by atoms with Gasteiger partial charge in [0.1, 0.15) is 11.9 Å². The van der Waals surface area contributed by atoms with E-state index in [1.807, 2.05) is 6.07 Å². The average Bonchev–Trinajstić information content (AvgIpc) is 2.48. The van der Waals surface area contributed by atoms with Crippen LogP contribution in [0.3, 0.4) is 0 Å². The lowest BCUT2D eigenvalue weighted by Crippen LogP contribution is -2.28. The highest BCUT2D eigenvalue weighted by atomic mass is 19.1. The van der Waals surface area contributed by atoms with Gasteiger partial charge in [-0.25, -0.2) is 4.39 Å². The normalized spacial score (nSPS) is 9.85. The highest BCUT2D eigenvalue weighted by molar-refractivity contribution is 6.07. The highest BCUT2D eigenvalue weighted by Gasteiger charge is 2.19. The van der Waals surface area contributed by atoms with E-state index in [0.717, 1.165) is 6.07 Å². The van der Waals surface area contributed by atoms with Crippen LogP contribution in [0.25, 0.3) is 0 Å². The van der Waals surface area contributed by atoms with Gasteiger partial charge in [0.25, 0.3) is 5.91 Å². The second-order valence-electron chi connectivity index (χ2n) is 4.23. The molecule has 0 saturated heterocycles. The summed E-state index contributed by atoms with van der Waals surface area (Å²) in [5, 5.41) is 9.04. The minimum atomic E-state index is -0.648. The number of rotatable bonds is 2. The molecule has 0 heterocycles. The molecule has 4 nitrogen and oxygen atoms in total. The zero-order chi connectivity index (χ0) is 14.7. The summed E-state index contributed by atoms with van der Waals surface area (Å²) >= 11 is 0. The summed E-state index contributed by atoms with van der Waals surface area (Å²) in [6.07, 6.45) is 0. The summed E-state index contributed by atoms with van der Waals surface area (Å²) in [5.41, 5.74) is 6.51. The Morgan fingerprint density at radius 2 is 2.00 bits per heavy atom.